The minimum atomic E-state index is -3.88. The highest BCUT2D eigenvalue weighted by Crippen LogP contribution is 2.27. The summed E-state index contributed by atoms with van der Waals surface area (Å²) in [6.07, 6.45) is 0. The van der Waals surface area contributed by atoms with Crippen molar-refractivity contribution in [2.24, 2.45) is 0 Å². The fourth-order valence-electron chi connectivity index (χ4n) is 3.38. The monoisotopic (exact) mass is 504 g/mol. The lowest BCUT2D eigenvalue weighted by atomic mass is 10.2. The van der Waals surface area contributed by atoms with Crippen molar-refractivity contribution in [3.8, 4) is 0 Å². The Hall–Kier alpha value is -3.69. The fraction of sp³-hybridized carbons (Fsp3) is 0.115. The van der Waals surface area contributed by atoms with Gasteiger partial charge in [-0.15, -0.1) is 11.8 Å². The molecule has 178 valence electrons. The number of hydrogen-bond acceptors (Lipinski definition) is 6. The van der Waals surface area contributed by atoms with Crippen molar-refractivity contribution < 1.29 is 13.2 Å². The van der Waals surface area contributed by atoms with Crippen LogP contribution >= 0.6 is 11.8 Å². The molecule has 0 fully saturated rings. The second kappa shape index (κ2) is 10.7. The third kappa shape index (κ3) is 6.46. The van der Waals surface area contributed by atoms with E-state index in [9.17, 15) is 13.2 Å². The molecular weight excluding hydrogens is 480 g/mol. The molecular formula is C26H24N4O3S2. The van der Waals surface area contributed by atoms with E-state index in [4.69, 9.17) is 0 Å². The molecule has 4 aromatic rings. The molecule has 9 heteroatoms. The van der Waals surface area contributed by atoms with Gasteiger partial charge in [0, 0.05) is 27.7 Å². The first-order chi connectivity index (χ1) is 16.8. The van der Waals surface area contributed by atoms with Crippen LogP contribution in [0.1, 0.15) is 27.3 Å². The van der Waals surface area contributed by atoms with Crippen LogP contribution in [0, 0.1) is 13.8 Å². The van der Waals surface area contributed by atoms with Gasteiger partial charge in [0.05, 0.1) is 10.5 Å². The Balaban J connectivity index is 1.45. The Morgan fingerprint density at radius 1 is 0.857 bits per heavy atom. The number of amides is 1. The number of carbonyl (C=O) groups is 1. The second-order valence-corrected chi connectivity index (χ2v) is 10.5. The number of sulfonamides is 1. The highest BCUT2D eigenvalue weighted by molar-refractivity contribution is 7.98. The topological polar surface area (TPSA) is 101 Å². The number of aryl methyl sites for hydroxylation is 2. The van der Waals surface area contributed by atoms with Crippen molar-refractivity contribution in [2.45, 2.75) is 29.4 Å². The highest BCUT2D eigenvalue weighted by Gasteiger charge is 2.17. The smallest absolute Gasteiger partial charge is 0.264 e. The predicted octanol–water partition coefficient (Wildman–Crippen LogP) is 5.44. The summed E-state index contributed by atoms with van der Waals surface area (Å²) in [4.78, 5) is 22.1. The van der Waals surface area contributed by atoms with E-state index in [0.29, 0.717) is 22.6 Å². The van der Waals surface area contributed by atoms with Crippen LogP contribution in [0.2, 0.25) is 0 Å². The zero-order chi connectivity index (χ0) is 24.8. The molecule has 1 amide bonds. The number of nitrogens with one attached hydrogen (secondary N) is 2. The number of carbonyl (C=O) groups excluding carboxylic acids is 1. The van der Waals surface area contributed by atoms with Crippen molar-refractivity contribution in [2.75, 3.05) is 10.0 Å². The number of thioether (sulfide) groups is 1. The predicted molar refractivity (Wildman–Crippen MR) is 139 cm³/mol. The van der Waals surface area contributed by atoms with Crippen molar-refractivity contribution in [3.63, 3.8) is 0 Å². The Bertz CT molecular complexity index is 1420. The van der Waals surface area contributed by atoms with Crippen molar-refractivity contribution in [3.05, 3.63) is 107 Å². The third-order valence-electron chi connectivity index (χ3n) is 5.00. The Morgan fingerprint density at radius 2 is 1.49 bits per heavy atom. The standard InChI is InChI=1S/C26H24N4O3S2/c1-18-16-19(2)28-26(27-18)30-35(32,33)22-14-12-21(13-15-22)29-25(31)23-10-6-7-11-24(23)34-17-20-8-4-3-5-9-20/h3-16H,17H2,1-2H3,(H,29,31)(H,27,28,30). The average Bonchev–Trinajstić information content (AvgIpc) is 2.83. The summed E-state index contributed by atoms with van der Waals surface area (Å²) in [5, 5.41) is 2.85. The van der Waals surface area contributed by atoms with Crippen LogP contribution in [-0.2, 0) is 15.8 Å². The number of anilines is 2. The van der Waals surface area contributed by atoms with E-state index >= 15 is 0 Å². The van der Waals surface area contributed by atoms with Crippen LogP contribution in [0.4, 0.5) is 11.6 Å². The van der Waals surface area contributed by atoms with E-state index in [1.165, 1.54) is 17.7 Å². The van der Waals surface area contributed by atoms with E-state index in [1.54, 1.807) is 49.9 Å². The summed E-state index contributed by atoms with van der Waals surface area (Å²) in [5.74, 6) is 0.498. The molecule has 0 bridgehead atoms. The highest BCUT2D eigenvalue weighted by atomic mass is 32.2. The number of hydrogen-bond donors (Lipinski definition) is 2. The van der Waals surface area contributed by atoms with Gasteiger partial charge in [0.2, 0.25) is 5.95 Å². The first kappa shape index (κ1) is 24.4. The lowest BCUT2D eigenvalue weighted by Gasteiger charge is -2.11. The van der Waals surface area contributed by atoms with E-state index in [0.717, 1.165) is 10.6 Å². The van der Waals surface area contributed by atoms with E-state index in [-0.39, 0.29) is 16.8 Å². The fourth-order valence-corrected chi connectivity index (χ4v) is 5.33. The van der Waals surface area contributed by atoms with Gasteiger partial charge < -0.3 is 5.32 Å². The Morgan fingerprint density at radius 3 is 2.17 bits per heavy atom. The molecule has 1 heterocycles. The van der Waals surface area contributed by atoms with Gasteiger partial charge in [0.1, 0.15) is 0 Å². The number of aromatic nitrogens is 2. The average molecular weight is 505 g/mol. The zero-order valence-corrected chi connectivity index (χ0v) is 20.9. The Kier molecular flexibility index (Phi) is 7.48. The molecule has 3 aromatic carbocycles. The SMILES string of the molecule is Cc1cc(C)nc(NS(=O)(=O)c2ccc(NC(=O)c3ccccc3SCc3ccccc3)cc2)n1. The molecule has 0 aliphatic rings. The molecule has 0 aliphatic heterocycles. The molecule has 0 saturated heterocycles. The first-order valence-electron chi connectivity index (χ1n) is 10.8. The van der Waals surface area contributed by atoms with Gasteiger partial charge >= 0.3 is 0 Å². The summed E-state index contributed by atoms with van der Waals surface area (Å²) < 4.78 is 27.9. The molecule has 0 unspecified atom stereocenters. The third-order valence-corrected chi connectivity index (χ3v) is 7.49. The summed E-state index contributed by atoms with van der Waals surface area (Å²) >= 11 is 1.59. The minimum Gasteiger partial charge on any atom is -0.322 e. The van der Waals surface area contributed by atoms with Crippen LogP contribution in [0.5, 0.6) is 0 Å². The van der Waals surface area contributed by atoms with Gasteiger partial charge in [0.15, 0.2) is 0 Å². The van der Waals surface area contributed by atoms with E-state index < -0.39 is 10.0 Å². The van der Waals surface area contributed by atoms with Crippen LogP contribution in [0.25, 0.3) is 0 Å². The quantitative estimate of drug-likeness (QED) is 0.310. The van der Waals surface area contributed by atoms with Crippen LogP contribution in [0.3, 0.4) is 0 Å². The van der Waals surface area contributed by atoms with E-state index in [1.807, 2.05) is 48.5 Å². The summed E-state index contributed by atoms with van der Waals surface area (Å²) in [6, 6.07) is 25.2. The van der Waals surface area contributed by atoms with Crippen LogP contribution in [0.15, 0.2) is 94.7 Å². The minimum absolute atomic E-state index is 0.0180. The van der Waals surface area contributed by atoms with Gasteiger partial charge in [-0.2, -0.15) is 0 Å². The molecule has 1 aromatic heterocycles. The summed E-state index contributed by atoms with van der Waals surface area (Å²) in [5.41, 5.74) is 3.54. The molecule has 2 N–H and O–H groups in total. The molecule has 0 saturated carbocycles. The lowest BCUT2D eigenvalue weighted by molar-refractivity contribution is 0.102. The first-order valence-corrected chi connectivity index (χ1v) is 13.3. The van der Waals surface area contributed by atoms with Gasteiger partial charge in [-0.25, -0.2) is 23.1 Å². The van der Waals surface area contributed by atoms with Crippen molar-refractivity contribution in [1.29, 1.82) is 0 Å². The van der Waals surface area contributed by atoms with Gasteiger partial charge in [-0.05, 0) is 61.9 Å². The largest absolute Gasteiger partial charge is 0.322 e. The number of nitrogens with zero attached hydrogens (tertiary/aromatic N) is 2. The molecule has 0 spiro atoms. The Labute approximate surface area is 209 Å². The van der Waals surface area contributed by atoms with Gasteiger partial charge in [-0.3, -0.25) is 4.79 Å². The normalized spacial score (nSPS) is 11.1. The molecule has 7 nitrogen and oxygen atoms in total. The maximum absolute atomic E-state index is 13.0. The van der Waals surface area contributed by atoms with Gasteiger partial charge in [0.25, 0.3) is 15.9 Å². The number of benzene rings is 3. The molecule has 35 heavy (non-hydrogen) atoms. The van der Waals surface area contributed by atoms with Crippen LogP contribution in [-0.4, -0.2) is 24.3 Å². The van der Waals surface area contributed by atoms with Crippen LogP contribution < -0.4 is 10.0 Å². The molecule has 0 radical (unpaired) electrons. The lowest BCUT2D eigenvalue weighted by Crippen LogP contribution is -2.16. The van der Waals surface area contributed by atoms with Gasteiger partial charge in [-0.1, -0.05) is 42.5 Å². The molecule has 0 aliphatic carbocycles. The number of rotatable bonds is 8. The maximum Gasteiger partial charge on any atom is 0.264 e. The molecule has 4 rings (SSSR count). The summed E-state index contributed by atoms with van der Waals surface area (Å²) in [6.45, 7) is 3.53. The van der Waals surface area contributed by atoms with E-state index in [2.05, 4.69) is 20.0 Å². The zero-order valence-electron chi connectivity index (χ0n) is 19.2. The summed E-state index contributed by atoms with van der Waals surface area (Å²) in [7, 11) is -3.88. The van der Waals surface area contributed by atoms with Crippen molar-refractivity contribution in [1.82, 2.24) is 9.97 Å². The van der Waals surface area contributed by atoms with Crippen molar-refractivity contribution >= 4 is 39.3 Å². The molecule has 0 atom stereocenters. The maximum atomic E-state index is 13.0. The second-order valence-electron chi connectivity index (χ2n) is 7.83.